The van der Waals surface area contributed by atoms with Gasteiger partial charge in [-0.1, -0.05) is 17.3 Å². The first-order valence-corrected chi connectivity index (χ1v) is 10.8. The normalized spacial score (nSPS) is 15.2. The molecule has 0 unspecified atom stereocenters. The molecule has 0 atom stereocenters. The van der Waals surface area contributed by atoms with Crippen molar-refractivity contribution in [1.29, 1.82) is 0 Å². The maximum absolute atomic E-state index is 12.9. The molecule has 8 nitrogen and oxygen atoms in total. The van der Waals surface area contributed by atoms with E-state index >= 15 is 0 Å². The molecule has 1 aliphatic heterocycles. The molecule has 4 aromatic rings. The molecule has 0 spiro atoms. The van der Waals surface area contributed by atoms with Gasteiger partial charge >= 0.3 is 0 Å². The predicted molar refractivity (Wildman–Crippen MR) is 123 cm³/mol. The molecule has 8 heteroatoms. The van der Waals surface area contributed by atoms with Gasteiger partial charge in [-0.15, -0.1) is 5.10 Å². The summed E-state index contributed by atoms with van der Waals surface area (Å²) in [5, 5.41) is 13.1. The van der Waals surface area contributed by atoms with Gasteiger partial charge in [-0.2, -0.15) is 0 Å². The molecule has 5 rings (SSSR count). The zero-order chi connectivity index (χ0) is 22.1. The number of piperidine rings is 1. The van der Waals surface area contributed by atoms with Crippen LogP contribution in [0.3, 0.4) is 0 Å². The molecule has 0 saturated carbocycles. The first-order valence-electron chi connectivity index (χ1n) is 10.8. The van der Waals surface area contributed by atoms with E-state index in [0.717, 1.165) is 53.7 Å². The first-order chi connectivity index (χ1) is 15.5. The molecule has 4 heterocycles. The third-order valence-corrected chi connectivity index (χ3v) is 6.04. The lowest BCUT2D eigenvalue weighted by Crippen LogP contribution is -2.29. The Morgan fingerprint density at radius 3 is 2.66 bits per heavy atom. The van der Waals surface area contributed by atoms with Crippen LogP contribution < -0.4 is 5.32 Å². The minimum absolute atomic E-state index is 0.182. The Morgan fingerprint density at radius 1 is 1.03 bits per heavy atom. The van der Waals surface area contributed by atoms with Crippen molar-refractivity contribution >= 4 is 22.5 Å². The SMILES string of the molecule is CN1CCC(c2cc(C(=O)Nc3cc4cc(-c5cn(C)nn5)ccc4cn3)ccn2)CC1. The second kappa shape index (κ2) is 8.47. The van der Waals surface area contributed by atoms with E-state index in [1.54, 1.807) is 23.1 Å². The first kappa shape index (κ1) is 20.3. The van der Waals surface area contributed by atoms with Gasteiger partial charge in [0, 0.05) is 47.6 Å². The van der Waals surface area contributed by atoms with E-state index in [1.807, 2.05) is 43.6 Å². The van der Waals surface area contributed by atoms with Crippen LogP contribution in [-0.4, -0.2) is 55.9 Å². The molecule has 162 valence electrons. The Morgan fingerprint density at radius 2 is 1.88 bits per heavy atom. The molecule has 3 aromatic heterocycles. The largest absolute Gasteiger partial charge is 0.307 e. The standard InChI is InChI=1S/C24H25N7O/c1-30-9-6-16(7-10-30)21-12-18(5-8-25-21)24(32)27-23-13-20-11-17(3-4-19(20)14-26-23)22-15-31(2)29-28-22/h3-5,8,11-16H,6-7,9-10H2,1-2H3,(H,26,27,32). The number of rotatable bonds is 4. The quantitative estimate of drug-likeness (QED) is 0.536. The van der Waals surface area contributed by atoms with Crippen molar-refractivity contribution < 1.29 is 4.79 Å². The van der Waals surface area contributed by atoms with Crippen molar-refractivity contribution in [3.8, 4) is 11.3 Å². The summed E-state index contributed by atoms with van der Waals surface area (Å²) in [6.07, 6.45) is 7.49. The molecule has 0 radical (unpaired) electrons. The molecular formula is C24H25N7O. The molecule has 0 bridgehead atoms. The molecular weight excluding hydrogens is 402 g/mol. The van der Waals surface area contributed by atoms with Crippen LogP contribution in [0.25, 0.3) is 22.0 Å². The van der Waals surface area contributed by atoms with Crippen LogP contribution in [-0.2, 0) is 7.05 Å². The van der Waals surface area contributed by atoms with Crippen molar-refractivity contribution in [3.05, 3.63) is 66.2 Å². The van der Waals surface area contributed by atoms with Crippen molar-refractivity contribution in [3.63, 3.8) is 0 Å². The Hall–Kier alpha value is -3.65. The minimum Gasteiger partial charge on any atom is -0.307 e. The number of hydrogen-bond acceptors (Lipinski definition) is 6. The molecule has 1 fully saturated rings. The lowest BCUT2D eigenvalue weighted by atomic mass is 9.92. The maximum atomic E-state index is 12.9. The van der Waals surface area contributed by atoms with E-state index in [4.69, 9.17) is 0 Å². The Labute approximate surface area is 186 Å². The van der Waals surface area contributed by atoms with Crippen molar-refractivity contribution in [2.45, 2.75) is 18.8 Å². The Balaban J connectivity index is 1.36. The molecule has 1 aliphatic rings. The van der Waals surface area contributed by atoms with Crippen LogP contribution >= 0.6 is 0 Å². The number of fused-ring (bicyclic) bond motifs is 1. The summed E-state index contributed by atoms with van der Waals surface area (Å²) in [4.78, 5) is 24.2. The summed E-state index contributed by atoms with van der Waals surface area (Å²) in [6.45, 7) is 2.11. The lowest BCUT2D eigenvalue weighted by molar-refractivity contribution is 0.102. The molecule has 1 N–H and O–H groups in total. The number of nitrogens with one attached hydrogen (secondary N) is 1. The van der Waals surface area contributed by atoms with E-state index in [-0.39, 0.29) is 5.91 Å². The minimum atomic E-state index is -0.182. The Bertz CT molecular complexity index is 1270. The number of carbonyl (C=O) groups is 1. The third kappa shape index (κ3) is 4.22. The fraction of sp³-hybridized carbons (Fsp3) is 0.292. The van der Waals surface area contributed by atoms with Crippen LogP contribution in [0.15, 0.2) is 55.0 Å². The number of aromatic nitrogens is 5. The van der Waals surface area contributed by atoms with E-state index in [0.29, 0.717) is 17.3 Å². The topological polar surface area (TPSA) is 88.8 Å². The van der Waals surface area contributed by atoms with E-state index in [1.165, 1.54) is 0 Å². The van der Waals surface area contributed by atoms with Gasteiger partial charge < -0.3 is 10.2 Å². The number of likely N-dealkylation sites (tertiary alicyclic amines) is 1. The van der Waals surface area contributed by atoms with Gasteiger partial charge in [0.05, 0.1) is 6.20 Å². The predicted octanol–water partition coefficient (Wildman–Crippen LogP) is 3.49. The number of anilines is 1. The summed E-state index contributed by atoms with van der Waals surface area (Å²) in [6, 6.07) is 11.6. The van der Waals surface area contributed by atoms with Gasteiger partial charge in [-0.25, -0.2) is 4.98 Å². The molecule has 1 aromatic carbocycles. The number of carbonyl (C=O) groups excluding carboxylic acids is 1. The van der Waals surface area contributed by atoms with Crippen LogP contribution in [0.4, 0.5) is 5.82 Å². The summed E-state index contributed by atoms with van der Waals surface area (Å²) >= 11 is 0. The van der Waals surface area contributed by atoms with Gasteiger partial charge in [-0.05, 0) is 62.6 Å². The highest BCUT2D eigenvalue weighted by molar-refractivity contribution is 6.04. The molecule has 32 heavy (non-hydrogen) atoms. The van der Waals surface area contributed by atoms with Crippen LogP contribution in [0.1, 0.15) is 34.8 Å². The number of aryl methyl sites for hydroxylation is 1. The van der Waals surface area contributed by atoms with Crippen LogP contribution in [0, 0.1) is 0 Å². The van der Waals surface area contributed by atoms with Gasteiger partial charge in [0.15, 0.2) is 0 Å². The van der Waals surface area contributed by atoms with Crippen molar-refractivity contribution in [2.75, 3.05) is 25.5 Å². The van der Waals surface area contributed by atoms with Crippen molar-refractivity contribution in [2.24, 2.45) is 7.05 Å². The highest BCUT2D eigenvalue weighted by Gasteiger charge is 2.20. The fourth-order valence-electron chi connectivity index (χ4n) is 4.15. The van der Waals surface area contributed by atoms with E-state index in [2.05, 4.69) is 37.5 Å². The monoisotopic (exact) mass is 427 g/mol. The summed E-state index contributed by atoms with van der Waals surface area (Å²) in [7, 11) is 3.98. The van der Waals surface area contributed by atoms with Crippen molar-refractivity contribution in [1.82, 2.24) is 29.9 Å². The lowest BCUT2D eigenvalue weighted by Gasteiger charge is -2.28. The average molecular weight is 428 g/mol. The second-order valence-electron chi connectivity index (χ2n) is 8.41. The molecule has 1 amide bonds. The highest BCUT2D eigenvalue weighted by Crippen LogP contribution is 2.27. The summed E-state index contributed by atoms with van der Waals surface area (Å²) in [5.74, 6) is 0.729. The fourth-order valence-corrected chi connectivity index (χ4v) is 4.15. The second-order valence-corrected chi connectivity index (χ2v) is 8.41. The average Bonchev–Trinajstić information content (AvgIpc) is 3.25. The van der Waals surface area contributed by atoms with Crippen LogP contribution in [0.5, 0.6) is 0 Å². The number of amides is 1. The van der Waals surface area contributed by atoms with Gasteiger partial charge in [0.1, 0.15) is 11.5 Å². The van der Waals surface area contributed by atoms with Crippen LogP contribution in [0.2, 0.25) is 0 Å². The smallest absolute Gasteiger partial charge is 0.256 e. The van der Waals surface area contributed by atoms with E-state index in [9.17, 15) is 4.79 Å². The Kier molecular flexibility index (Phi) is 5.36. The van der Waals surface area contributed by atoms with Gasteiger partial charge in [0.2, 0.25) is 0 Å². The third-order valence-electron chi connectivity index (χ3n) is 6.04. The van der Waals surface area contributed by atoms with Gasteiger partial charge in [0.25, 0.3) is 5.91 Å². The zero-order valence-corrected chi connectivity index (χ0v) is 18.2. The number of pyridine rings is 2. The highest BCUT2D eigenvalue weighted by atomic mass is 16.1. The number of benzene rings is 1. The number of hydrogen-bond donors (Lipinski definition) is 1. The van der Waals surface area contributed by atoms with E-state index < -0.39 is 0 Å². The summed E-state index contributed by atoms with van der Waals surface area (Å²) < 4.78 is 1.67. The maximum Gasteiger partial charge on any atom is 0.256 e. The summed E-state index contributed by atoms with van der Waals surface area (Å²) in [5.41, 5.74) is 3.36. The molecule has 0 aliphatic carbocycles. The number of nitrogens with zero attached hydrogens (tertiary/aromatic N) is 6. The molecule has 1 saturated heterocycles. The zero-order valence-electron chi connectivity index (χ0n) is 18.2. The van der Waals surface area contributed by atoms with Gasteiger partial charge in [-0.3, -0.25) is 14.5 Å².